The van der Waals surface area contributed by atoms with Crippen LogP contribution < -0.4 is 4.87 Å². The molecule has 0 saturated carbocycles. The molecule has 0 spiro atoms. The molecule has 0 aliphatic carbocycles. The van der Waals surface area contributed by atoms with E-state index >= 15 is 0 Å². The van der Waals surface area contributed by atoms with Gasteiger partial charge in [0, 0.05) is 6.54 Å². The number of carbonyl (C=O) groups excluding carboxylic acids is 1. The fourth-order valence-electron chi connectivity index (χ4n) is 1.02. The Balaban J connectivity index is 2.75. The average Bonchev–Trinajstić information content (AvgIpc) is 2.62. The molecule has 0 atom stereocenters. The van der Waals surface area contributed by atoms with E-state index in [1.165, 1.54) is 4.90 Å². The van der Waals surface area contributed by atoms with Crippen LogP contribution in [0.5, 0.6) is 0 Å². The van der Waals surface area contributed by atoms with E-state index < -0.39 is 10.7 Å². The van der Waals surface area contributed by atoms with Crippen LogP contribution in [0.1, 0.15) is 5.01 Å². The number of halogens is 2. The summed E-state index contributed by atoms with van der Waals surface area (Å²) in [5, 5.41) is 6.51. The van der Waals surface area contributed by atoms with E-state index in [9.17, 15) is 9.59 Å². The lowest BCUT2D eigenvalue weighted by Crippen LogP contribution is -2.34. The number of nitrogens with one attached hydrogen (secondary N) is 1. The molecule has 1 aromatic rings. The molecule has 0 saturated heterocycles. The normalized spacial score (nSPS) is 10.4. The van der Waals surface area contributed by atoms with E-state index in [-0.39, 0.29) is 11.4 Å². The van der Waals surface area contributed by atoms with Crippen molar-refractivity contribution in [2.45, 2.75) is 11.4 Å². The fraction of sp³-hybridized carbons (Fsp3) is 0.375. The zero-order chi connectivity index (χ0) is 12.1. The third-order valence-electron chi connectivity index (χ3n) is 1.66. The van der Waals surface area contributed by atoms with E-state index in [0.29, 0.717) is 11.6 Å². The number of hydrogen-bond donors (Lipinski definition) is 1. The Labute approximate surface area is 106 Å². The van der Waals surface area contributed by atoms with Gasteiger partial charge in [-0.3, -0.25) is 9.59 Å². The Morgan fingerprint density at radius 2 is 2.38 bits per heavy atom. The standard InChI is InChI=1S/C8H9Cl2N3O2S/c1-2-3-13(7(14)6(9)10)4-5-11-12-8(15)16-5/h2,6H,1,3-4H2,(H,12,15). The molecular weight excluding hydrogens is 273 g/mol. The zero-order valence-corrected chi connectivity index (χ0v) is 10.5. The summed E-state index contributed by atoms with van der Waals surface area (Å²) in [6.45, 7) is 4.00. The number of alkyl halides is 2. The van der Waals surface area contributed by atoms with Gasteiger partial charge < -0.3 is 4.90 Å². The van der Waals surface area contributed by atoms with Crippen molar-refractivity contribution in [3.63, 3.8) is 0 Å². The van der Waals surface area contributed by atoms with Gasteiger partial charge in [-0.05, 0) is 0 Å². The average molecular weight is 282 g/mol. The Morgan fingerprint density at radius 1 is 1.69 bits per heavy atom. The number of aromatic amines is 1. The lowest BCUT2D eigenvalue weighted by atomic mass is 10.4. The van der Waals surface area contributed by atoms with E-state index in [2.05, 4.69) is 16.8 Å². The van der Waals surface area contributed by atoms with Gasteiger partial charge in [-0.25, -0.2) is 5.10 Å². The third-order valence-corrected chi connectivity index (χ3v) is 2.76. The minimum atomic E-state index is -1.13. The Hall–Kier alpha value is -0.850. The molecular formula is C8H9Cl2N3O2S. The predicted molar refractivity (Wildman–Crippen MR) is 63.8 cm³/mol. The first-order chi connectivity index (χ1) is 7.54. The highest BCUT2D eigenvalue weighted by atomic mass is 35.5. The van der Waals surface area contributed by atoms with Crippen LogP contribution in [0.15, 0.2) is 17.4 Å². The molecule has 88 valence electrons. The second kappa shape index (κ2) is 6.03. The first-order valence-electron chi connectivity index (χ1n) is 4.26. The SMILES string of the molecule is C=CCN(Cc1n[nH]c(=O)s1)C(=O)C(Cl)Cl. The van der Waals surface area contributed by atoms with Crippen molar-refractivity contribution in [3.8, 4) is 0 Å². The molecule has 1 amide bonds. The Kier molecular flexibility index (Phi) is 4.98. The van der Waals surface area contributed by atoms with Gasteiger partial charge >= 0.3 is 4.87 Å². The number of aromatic nitrogens is 2. The number of carbonyl (C=O) groups is 1. The highest BCUT2D eigenvalue weighted by molar-refractivity contribution is 7.08. The van der Waals surface area contributed by atoms with Crippen LogP contribution in [0.2, 0.25) is 0 Å². The van der Waals surface area contributed by atoms with E-state index in [1.54, 1.807) is 6.08 Å². The Bertz CT molecular complexity index is 429. The van der Waals surface area contributed by atoms with Crippen LogP contribution in [0.25, 0.3) is 0 Å². The van der Waals surface area contributed by atoms with E-state index in [4.69, 9.17) is 23.2 Å². The van der Waals surface area contributed by atoms with Gasteiger partial charge in [0.25, 0.3) is 5.91 Å². The minimum Gasteiger partial charge on any atom is -0.330 e. The number of amides is 1. The Morgan fingerprint density at radius 3 is 2.81 bits per heavy atom. The first-order valence-corrected chi connectivity index (χ1v) is 5.95. The van der Waals surface area contributed by atoms with Gasteiger partial charge in [-0.2, -0.15) is 5.10 Å². The van der Waals surface area contributed by atoms with Crippen LogP contribution in [-0.2, 0) is 11.3 Å². The van der Waals surface area contributed by atoms with Crippen LogP contribution in [0.3, 0.4) is 0 Å². The molecule has 16 heavy (non-hydrogen) atoms. The van der Waals surface area contributed by atoms with Gasteiger partial charge in [0.15, 0.2) is 4.84 Å². The largest absolute Gasteiger partial charge is 0.330 e. The highest BCUT2D eigenvalue weighted by Crippen LogP contribution is 2.11. The van der Waals surface area contributed by atoms with Crippen molar-refractivity contribution in [3.05, 3.63) is 27.3 Å². The fourth-order valence-corrected chi connectivity index (χ4v) is 1.91. The summed E-state index contributed by atoms with van der Waals surface area (Å²) in [6, 6.07) is 0. The molecule has 0 bridgehead atoms. The molecule has 1 aromatic heterocycles. The van der Waals surface area contributed by atoms with Crippen LogP contribution in [-0.4, -0.2) is 32.4 Å². The number of H-pyrrole nitrogens is 1. The monoisotopic (exact) mass is 281 g/mol. The molecule has 1 N–H and O–H groups in total. The maximum atomic E-state index is 11.5. The van der Waals surface area contributed by atoms with Crippen molar-refractivity contribution in [1.82, 2.24) is 15.1 Å². The molecule has 0 aliphatic heterocycles. The molecule has 8 heteroatoms. The third kappa shape index (κ3) is 3.62. The molecule has 0 radical (unpaired) electrons. The lowest BCUT2D eigenvalue weighted by molar-refractivity contribution is -0.129. The molecule has 0 unspecified atom stereocenters. The van der Waals surface area contributed by atoms with Crippen molar-refractivity contribution < 1.29 is 4.79 Å². The molecule has 0 aliphatic rings. The highest BCUT2D eigenvalue weighted by Gasteiger charge is 2.20. The smallest absolute Gasteiger partial charge is 0.322 e. The number of nitrogens with zero attached hydrogens (tertiary/aromatic N) is 2. The molecule has 5 nitrogen and oxygen atoms in total. The van der Waals surface area contributed by atoms with Gasteiger partial charge in [-0.15, -0.1) is 6.58 Å². The van der Waals surface area contributed by atoms with Gasteiger partial charge in [0.1, 0.15) is 5.01 Å². The summed E-state index contributed by atoms with van der Waals surface area (Å²) in [6.07, 6.45) is 1.55. The van der Waals surface area contributed by atoms with Crippen molar-refractivity contribution in [2.24, 2.45) is 0 Å². The lowest BCUT2D eigenvalue weighted by Gasteiger charge is -2.19. The van der Waals surface area contributed by atoms with Crippen LogP contribution >= 0.6 is 34.5 Å². The second-order valence-electron chi connectivity index (χ2n) is 2.81. The van der Waals surface area contributed by atoms with E-state index in [0.717, 1.165) is 11.3 Å². The molecule has 0 fully saturated rings. The number of rotatable bonds is 5. The van der Waals surface area contributed by atoms with Crippen molar-refractivity contribution in [2.75, 3.05) is 6.54 Å². The summed E-state index contributed by atoms with van der Waals surface area (Å²) in [5.74, 6) is -0.439. The maximum Gasteiger partial charge on any atom is 0.322 e. The summed E-state index contributed by atoms with van der Waals surface area (Å²) in [7, 11) is 0. The van der Waals surface area contributed by atoms with Crippen molar-refractivity contribution >= 4 is 40.4 Å². The van der Waals surface area contributed by atoms with Crippen molar-refractivity contribution in [1.29, 1.82) is 0 Å². The van der Waals surface area contributed by atoms with Crippen LogP contribution in [0, 0.1) is 0 Å². The quantitative estimate of drug-likeness (QED) is 0.650. The first kappa shape index (κ1) is 13.2. The number of hydrogen-bond acceptors (Lipinski definition) is 4. The molecule has 0 aromatic carbocycles. The molecule has 1 heterocycles. The topological polar surface area (TPSA) is 66.1 Å². The van der Waals surface area contributed by atoms with Crippen LogP contribution in [0.4, 0.5) is 0 Å². The van der Waals surface area contributed by atoms with Gasteiger partial charge in [0.2, 0.25) is 0 Å². The summed E-state index contributed by atoms with van der Waals surface area (Å²) in [4.78, 5) is 22.4. The van der Waals surface area contributed by atoms with Gasteiger partial charge in [0.05, 0.1) is 6.54 Å². The summed E-state index contributed by atoms with van der Waals surface area (Å²) >= 11 is 11.9. The summed E-state index contributed by atoms with van der Waals surface area (Å²) in [5.41, 5.74) is 0. The summed E-state index contributed by atoms with van der Waals surface area (Å²) < 4.78 is 0. The maximum absolute atomic E-state index is 11.5. The zero-order valence-electron chi connectivity index (χ0n) is 8.15. The minimum absolute atomic E-state index is 0.185. The predicted octanol–water partition coefficient (Wildman–Crippen LogP) is 1.15. The molecule has 1 rings (SSSR count). The van der Waals surface area contributed by atoms with E-state index in [1.807, 2.05) is 0 Å². The van der Waals surface area contributed by atoms with Gasteiger partial charge in [-0.1, -0.05) is 40.6 Å². The second-order valence-corrected chi connectivity index (χ2v) is 4.96.